The van der Waals surface area contributed by atoms with Crippen LogP contribution in [0.25, 0.3) is 0 Å². The van der Waals surface area contributed by atoms with Crippen LogP contribution in [0.3, 0.4) is 0 Å². The number of hydrogen-bond donors (Lipinski definition) is 0. The lowest BCUT2D eigenvalue weighted by Crippen LogP contribution is -2.67. The number of rotatable bonds is 2. The Morgan fingerprint density at radius 2 is 0.905 bits per heavy atom. The van der Waals surface area contributed by atoms with Crippen LogP contribution >= 0.6 is 0 Å². The molecule has 0 unspecified atom stereocenters. The summed E-state index contributed by atoms with van der Waals surface area (Å²) in [7, 11) is -4.61. The van der Waals surface area contributed by atoms with E-state index in [0.717, 1.165) is 0 Å². The maximum atomic E-state index is 3.99. The van der Waals surface area contributed by atoms with E-state index in [1.807, 2.05) is 0 Å². The van der Waals surface area contributed by atoms with Gasteiger partial charge in [-0.05, 0) is 0 Å². The van der Waals surface area contributed by atoms with Crippen molar-refractivity contribution in [2.24, 2.45) is 0 Å². The molecule has 0 aliphatic rings. The Morgan fingerprint density at radius 1 is 0.619 bits per heavy atom. The first-order chi connectivity index (χ1) is 8.84. The molecule has 0 spiro atoms. The second-order valence-electron chi connectivity index (χ2n) is 10.6. The molecule has 0 heterocycles. The average molecular weight is 356 g/mol. The van der Waals surface area contributed by atoms with Crippen molar-refractivity contribution in [3.8, 4) is 11.1 Å². The van der Waals surface area contributed by atoms with Crippen LogP contribution < -0.4 is 0 Å². The highest BCUT2D eigenvalue weighted by molar-refractivity contribution is 7.64. The Balaban J connectivity index is 6.12. The molecule has 0 radical (unpaired) electrons. The van der Waals surface area contributed by atoms with E-state index in [1.54, 1.807) is 0 Å². The summed E-state index contributed by atoms with van der Waals surface area (Å²) in [5.74, 6) is 0. The van der Waals surface area contributed by atoms with Crippen molar-refractivity contribution in [1.82, 2.24) is 0 Å². The molecule has 0 rings (SSSR count). The van der Waals surface area contributed by atoms with Crippen molar-refractivity contribution >= 4 is 31.1 Å². The molecule has 0 fully saturated rings. The third-order valence-electron chi connectivity index (χ3n) is 5.56. The van der Waals surface area contributed by atoms with Crippen molar-refractivity contribution in [3.63, 3.8) is 0 Å². The lowest BCUT2D eigenvalue weighted by atomic mass is 10.2. The van der Waals surface area contributed by atoms with E-state index in [-0.39, 0.29) is 0 Å². The second-order valence-corrected chi connectivity index (χ2v) is 37.9. The van der Waals surface area contributed by atoms with Gasteiger partial charge in [-0.2, -0.15) is 5.54 Å². The van der Waals surface area contributed by atoms with Crippen molar-refractivity contribution in [2.75, 3.05) is 0 Å². The highest BCUT2D eigenvalue weighted by Gasteiger charge is 2.42. The summed E-state index contributed by atoms with van der Waals surface area (Å²) in [4.78, 5) is 0. The average Bonchev–Trinajstić information content (AvgIpc) is 2.10. The van der Waals surface area contributed by atoms with E-state index < -0.39 is 31.1 Å². The minimum atomic E-state index is -1.37. The molecule has 0 atom stereocenters. The Morgan fingerprint density at radius 3 is 1.10 bits per heavy atom. The molecule has 0 aromatic carbocycles. The van der Waals surface area contributed by atoms with Crippen LogP contribution in [0.5, 0.6) is 0 Å². The van der Waals surface area contributed by atoms with Crippen LogP contribution in [0, 0.1) is 11.1 Å². The zero-order valence-corrected chi connectivity index (χ0v) is 21.0. The molecule has 0 amide bonds. The van der Waals surface area contributed by atoms with Gasteiger partial charge in [0, 0.05) is 0 Å². The quantitative estimate of drug-likeness (QED) is 0.416. The van der Waals surface area contributed by atoms with E-state index >= 15 is 0 Å². The topological polar surface area (TPSA) is 0 Å². The largest absolute Gasteiger partial charge is 0.309 e. The fraction of sp³-hybridized carbons (Fsp3) is 0.882. The molecular formula is C17H39Si4-. The van der Waals surface area contributed by atoms with E-state index in [2.05, 4.69) is 98.5 Å². The fourth-order valence-electron chi connectivity index (χ4n) is 2.09. The van der Waals surface area contributed by atoms with Crippen molar-refractivity contribution < 1.29 is 0 Å². The second kappa shape index (κ2) is 6.14. The SMILES string of the molecule is CC(C)(C)[Si](C)(C)[Si-](C#C[Si](C)(C)C)[Si](C)(C)C(C)(C)C. The Labute approximate surface area is 139 Å². The summed E-state index contributed by atoms with van der Waals surface area (Å²) in [5.41, 5.74) is 7.77. The standard InChI is InChI=1S/C17H39Si4/c1-16(2,3)20(10,11)18(14-15-19(7,8)9)21(12,13)17(4,5)6/h1-13H3/q-1. The maximum Gasteiger partial charge on any atom is 0.124 e. The van der Waals surface area contributed by atoms with Gasteiger partial charge >= 0.3 is 0 Å². The Kier molecular flexibility index (Phi) is 6.27. The first kappa shape index (κ1) is 21.4. The van der Waals surface area contributed by atoms with Crippen LogP contribution in [-0.4, -0.2) is 31.1 Å². The van der Waals surface area contributed by atoms with Crippen LogP contribution in [-0.2, 0) is 0 Å². The normalized spacial score (nSPS) is 14.5. The molecular weight excluding hydrogens is 317 g/mol. The van der Waals surface area contributed by atoms with Crippen LogP contribution in [0.15, 0.2) is 0 Å². The predicted octanol–water partition coefficient (Wildman–Crippen LogP) is 6.08. The van der Waals surface area contributed by atoms with Crippen molar-refractivity contribution in [2.45, 2.75) is 97.4 Å². The lowest BCUT2D eigenvalue weighted by Gasteiger charge is -2.62. The first-order valence-corrected chi connectivity index (χ1v) is 21.2. The molecule has 0 bridgehead atoms. The van der Waals surface area contributed by atoms with E-state index in [0.29, 0.717) is 10.1 Å². The van der Waals surface area contributed by atoms with Gasteiger partial charge in [0.2, 0.25) is 0 Å². The van der Waals surface area contributed by atoms with E-state index in [9.17, 15) is 0 Å². The van der Waals surface area contributed by atoms with Gasteiger partial charge in [0.25, 0.3) is 0 Å². The van der Waals surface area contributed by atoms with E-state index in [4.69, 9.17) is 0 Å². The van der Waals surface area contributed by atoms with Gasteiger partial charge in [0.1, 0.15) is 8.07 Å². The van der Waals surface area contributed by atoms with Crippen LogP contribution in [0.1, 0.15) is 41.5 Å². The summed E-state index contributed by atoms with van der Waals surface area (Å²) in [6.07, 6.45) is 0. The smallest absolute Gasteiger partial charge is 0.124 e. The molecule has 0 aromatic rings. The van der Waals surface area contributed by atoms with Gasteiger partial charge < -0.3 is 5.54 Å². The summed E-state index contributed by atoms with van der Waals surface area (Å²) in [6, 6.07) is 0. The molecule has 0 nitrogen and oxygen atoms in total. The highest BCUT2D eigenvalue weighted by Crippen LogP contribution is 2.45. The van der Waals surface area contributed by atoms with Gasteiger partial charge in [0.15, 0.2) is 0 Å². The molecule has 124 valence electrons. The van der Waals surface area contributed by atoms with Gasteiger partial charge in [0.05, 0.1) is 0 Å². The minimum absolute atomic E-state index is 0.449. The van der Waals surface area contributed by atoms with Gasteiger partial charge in [-0.3, -0.25) is 0 Å². The zero-order chi connectivity index (χ0) is 17.5. The Bertz CT molecular complexity index is 391. The third kappa shape index (κ3) is 5.23. The third-order valence-corrected chi connectivity index (χ3v) is 41.1. The molecule has 4 heteroatoms. The first-order valence-electron chi connectivity index (χ1n) is 8.25. The molecule has 0 aromatic heterocycles. The summed E-state index contributed by atoms with van der Waals surface area (Å²) in [6.45, 7) is 32.5. The minimum Gasteiger partial charge on any atom is -0.309 e. The summed E-state index contributed by atoms with van der Waals surface area (Å²) in [5, 5.41) is 0.899. The predicted molar refractivity (Wildman–Crippen MR) is 111 cm³/mol. The highest BCUT2D eigenvalue weighted by atomic mass is 29.6. The van der Waals surface area contributed by atoms with Crippen molar-refractivity contribution in [3.05, 3.63) is 0 Å². The monoisotopic (exact) mass is 355 g/mol. The molecule has 0 saturated heterocycles. The number of hydrogen-bond acceptors (Lipinski definition) is 0. The van der Waals surface area contributed by atoms with Gasteiger partial charge in [-0.15, -0.1) is 0 Å². The zero-order valence-electron chi connectivity index (χ0n) is 17.0. The molecule has 0 saturated carbocycles. The molecule has 0 aliphatic heterocycles. The summed E-state index contributed by atoms with van der Waals surface area (Å²) < 4.78 is 0. The van der Waals surface area contributed by atoms with Crippen LogP contribution in [0.2, 0.25) is 55.9 Å². The lowest BCUT2D eigenvalue weighted by molar-refractivity contribution is 0.727. The fourth-order valence-corrected chi connectivity index (χ4v) is 40.8. The van der Waals surface area contributed by atoms with Gasteiger partial charge in [-0.25, -0.2) is 7.83 Å². The van der Waals surface area contributed by atoms with Gasteiger partial charge in [-0.1, -0.05) is 113 Å². The Hall–Kier alpha value is 0.428. The molecule has 0 N–H and O–H groups in total. The van der Waals surface area contributed by atoms with Crippen LogP contribution in [0.4, 0.5) is 0 Å². The molecule has 21 heavy (non-hydrogen) atoms. The van der Waals surface area contributed by atoms with E-state index in [1.165, 1.54) is 0 Å². The summed E-state index contributed by atoms with van der Waals surface area (Å²) >= 11 is 0. The maximum absolute atomic E-state index is 3.99. The molecule has 0 aliphatic carbocycles. The van der Waals surface area contributed by atoms with Crippen molar-refractivity contribution in [1.29, 1.82) is 0 Å².